The van der Waals surface area contributed by atoms with E-state index in [1.165, 1.54) is 38.2 Å². The molecule has 1 heterocycles. The summed E-state index contributed by atoms with van der Waals surface area (Å²) in [6.07, 6.45) is 11.5. The van der Waals surface area contributed by atoms with Crippen LogP contribution < -0.4 is 0 Å². The van der Waals surface area contributed by atoms with E-state index in [0.29, 0.717) is 22.5 Å². The van der Waals surface area contributed by atoms with Gasteiger partial charge in [-0.3, -0.25) is 9.59 Å². The number of Topliss-reactive ketones (excluding diaryl/α,β-unsaturated/α-hetero) is 1. The van der Waals surface area contributed by atoms with Crippen molar-refractivity contribution in [3.05, 3.63) is 70.5 Å². The average Bonchev–Trinajstić information content (AvgIpc) is 2.80. The summed E-state index contributed by atoms with van der Waals surface area (Å²) in [6, 6.07) is 5.08. The van der Waals surface area contributed by atoms with Crippen LogP contribution in [-0.2, 0) is 23.9 Å². The predicted octanol–water partition coefficient (Wildman–Crippen LogP) is 5.89. The van der Waals surface area contributed by atoms with Gasteiger partial charge in [0, 0.05) is 5.57 Å². The van der Waals surface area contributed by atoms with Crippen molar-refractivity contribution in [2.24, 2.45) is 5.92 Å². The zero-order chi connectivity index (χ0) is 25.8. The van der Waals surface area contributed by atoms with Gasteiger partial charge in [-0.1, -0.05) is 57.7 Å². The lowest BCUT2D eigenvalue weighted by atomic mass is 9.80. The van der Waals surface area contributed by atoms with E-state index in [9.17, 15) is 19.5 Å². The Hall–Kier alpha value is -3.41. The van der Waals surface area contributed by atoms with Crippen LogP contribution >= 0.6 is 0 Å². The number of aromatic hydroxyl groups is 1. The number of aryl methyl sites for hydroxylation is 1. The first kappa shape index (κ1) is 26.2. The number of fused-ring (bicyclic) bond motifs is 1. The molecule has 1 aromatic rings. The van der Waals surface area contributed by atoms with Gasteiger partial charge in [-0.05, 0) is 62.5 Å². The first-order chi connectivity index (χ1) is 16.6. The van der Waals surface area contributed by atoms with E-state index < -0.39 is 23.1 Å². The fraction of sp³-hybridized carbons (Fsp3) is 0.414. The maximum atomic E-state index is 13.3. The number of ether oxygens (including phenoxy) is 2. The highest BCUT2D eigenvalue weighted by atomic mass is 16.6. The van der Waals surface area contributed by atoms with Crippen molar-refractivity contribution < 1.29 is 29.0 Å². The summed E-state index contributed by atoms with van der Waals surface area (Å²) in [5.41, 5.74) is 0.158. The Morgan fingerprint density at radius 3 is 2.63 bits per heavy atom. The smallest absolute Gasteiger partial charge is 0.334 e. The first-order valence-electron chi connectivity index (χ1n) is 12.2. The fourth-order valence-electron chi connectivity index (χ4n) is 4.33. The van der Waals surface area contributed by atoms with Crippen LogP contribution in [-0.4, -0.2) is 28.2 Å². The summed E-state index contributed by atoms with van der Waals surface area (Å²) in [5.74, 6) is -1.41. The summed E-state index contributed by atoms with van der Waals surface area (Å²) < 4.78 is 11.2. The van der Waals surface area contributed by atoms with E-state index in [1.54, 1.807) is 19.1 Å². The molecule has 0 unspecified atom stereocenters. The topological polar surface area (TPSA) is 89.9 Å². The van der Waals surface area contributed by atoms with Crippen LogP contribution in [0.5, 0.6) is 5.75 Å². The number of carbonyl (C=O) groups excluding carboxylic acids is 3. The molecule has 0 amide bonds. The number of unbranched alkanes of at least 4 members (excludes halogenated alkanes) is 3. The van der Waals surface area contributed by atoms with Gasteiger partial charge in [-0.2, -0.15) is 0 Å². The highest BCUT2D eigenvalue weighted by molar-refractivity contribution is 6.27. The highest BCUT2D eigenvalue weighted by Crippen LogP contribution is 2.38. The molecule has 0 spiro atoms. The number of phenolic OH excluding ortho intramolecular Hbond substituents is 1. The maximum Gasteiger partial charge on any atom is 0.334 e. The normalized spacial score (nSPS) is 20.8. The minimum atomic E-state index is -1.97. The van der Waals surface area contributed by atoms with Crippen molar-refractivity contribution in [1.82, 2.24) is 0 Å². The van der Waals surface area contributed by atoms with Gasteiger partial charge < -0.3 is 14.6 Å². The van der Waals surface area contributed by atoms with Crippen LogP contribution in [0, 0.1) is 12.8 Å². The Kier molecular flexibility index (Phi) is 8.15. The third-order valence-corrected chi connectivity index (χ3v) is 6.50. The molecule has 0 aromatic heterocycles. The van der Waals surface area contributed by atoms with E-state index >= 15 is 0 Å². The first-order valence-corrected chi connectivity index (χ1v) is 12.2. The molecule has 6 nitrogen and oxygen atoms in total. The molecule has 3 rings (SSSR count). The fourth-order valence-corrected chi connectivity index (χ4v) is 4.33. The molecule has 0 radical (unpaired) electrons. The number of rotatable bonds is 9. The van der Waals surface area contributed by atoms with E-state index in [0.717, 1.165) is 24.8 Å². The van der Waals surface area contributed by atoms with Gasteiger partial charge in [0.25, 0.3) is 0 Å². The van der Waals surface area contributed by atoms with Crippen molar-refractivity contribution in [3.63, 3.8) is 0 Å². The summed E-state index contributed by atoms with van der Waals surface area (Å²) in [7, 11) is 0. The van der Waals surface area contributed by atoms with Gasteiger partial charge in [-0.15, -0.1) is 0 Å². The van der Waals surface area contributed by atoms with Crippen molar-refractivity contribution in [1.29, 1.82) is 0 Å². The number of ketones is 2. The second kappa shape index (κ2) is 10.9. The van der Waals surface area contributed by atoms with Crippen LogP contribution in [0.1, 0.15) is 70.9 Å². The van der Waals surface area contributed by atoms with Crippen LogP contribution in [0.25, 0.3) is 5.76 Å². The Balaban J connectivity index is 1.78. The van der Waals surface area contributed by atoms with Crippen LogP contribution in [0.4, 0.5) is 0 Å². The number of hydrogen-bond acceptors (Lipinski definition) is 6. The molecule has 1 N–H and O–H groups in total. The molecule has 186 valence electrons. The molecule has 0 fully saturated rings. The quantitative estimate of drug-likeness (QED) is 0.206. The molecule has 35 heavy (non-hydrogen) atoms. The summed E-state index contributed by atoms with van der Waals surface area (Å²) in [6.45, 7) is 8.98. The minimum Gasteiger partial charge on any atom is -0.507 e. The van der Waals surface area contributed by atoms with E-state index in [2.05, 4.69) is 6.92 Å². The molecule has 1 aromatic carbocycles. The lowest BCUT2D eigenvalue weighted by Gasteiger charge is -2.31. The van der Waals surface area contributed by atoms with Crippen molar-refractivity contribution in [2.75, 3.05) is 0 Å². The van der Waals surface area contributed by atoms with Gasteiger partial charge in [0.05, 0.1) is 11.1 Å². The average molecular weight is 479 g/mol. The van der Waals surface area contributed by atoms with Crippen molar-refractivity contribution >= 4 is 23.3 Å². The number of allylic oxidation sites excluding steroid dienone is 3. The maximum absolute atomic E-state index is 13.3. The Morgan fingerprint density at radius 1 is 1.20 bits per heavy atom. The van der Waals surface area contributed by atoms with Gasteiger partial charge in [0.15, 0.2) is 0 Å². The van der Waals surface area contributed by atoms with E-state index in [1.807, 2.05) is 26.0 Å². The lowest BCUT2D eigenvalue weighted by Crippen LogP contribution is -2.50. The van der Waals surface area contributed by atoms with Gasteiger partial charge in [0.1, 0.15) is 17.8 Å². The number of phenols is 1. The molecule has 2 atom stereocenters. The Labute approximate surface area is 207 Å². The molecule has 2 aliphatic rings. The summed E-state index contributed by atoms with van der Waals surface area (Å²) >= 11 is 0. The van der Waals surface area contributed by atoms with E-state index in [-0.39, 0.29) is 17.2 Å². The van der Waals surface area contributed by atoms with Crippen LogP contribution in [0.15, 0.2) is 59.4 Å². The number of carbonyl (C=O) groups is 3. The molecule has 0 saturated carbocycles. The number of benzene rings is 1. The van der Waals surface area contributed by atoms with Crippen molar-refractivity contribution in [3.8, 4) is 5.75 Å². The summed E-state index contributed by atoms with van der Waals surface area (Å²) in [4.78, 5) is 39.1. The predicted molar refractivity (Wildman–Crippen MR) is 134 cm³/mol. The second-order valence-corrected chi connectivity index (χ2v) is 9.52. The SMILES string of the molecule is CCCCCC[C@H](C)/C=C(\C)C(=O)O[C@@]1(C)C(=O)C=C2C=C(c3c(C)cccc3O)OC=C2C1=O. The van der Waals surface area contributed by atoms with Crippen LogP contribution in [0.3, 0.4) is 0 Å². The second-order valence-electron chi connectivity index (χ2n) is 9.52. The monoisotopic (exact) mass is 478 g/mol. The standard InChI is InChI=1S/C29H34O6/c1-6-7-8-9-11-18(2)14-20(4)28(33)35-29(5)25(31)16-21-15-24(34-17-22(21)27(29)32)26-19(3)12-10-13-23(26)30/h10,12-18,30H,6-9,11H2,1-5H3/b20-14+/t18-,29-/m0/s1. The van der Waals surface area contributed by atoms with Crippen molar-refractivity contribution in [2.45, 2.75) is 72.3 Å². The molecule has 0 bridgehead atoms. The van der Waals surface area contributed by atoms with Gasteiger partial charge in [-0.25, -0.2) is 4.79 Å². The Bertz CT molecular complexity index is 1130. The zero-order valence-electron chi connectivity index (χ0n) is 21.1. The molecule has 6 heteroatoms. The van der Waals surface area contributed by atoms with Crippen LogP contribution in [0.2, 0.25) is 0 Å². The Morgan fingerprint density at radius 2 is 1.94 bits per heavy atom. The number of esters is 1. The minimum absolute atomic E-state index is 0.0304. The van der Waals surface area contributed by atoms with Gasteiger partial charge in [0.2, 0.25) is 17.2 Å². The zero-order valence-corrected chi connectivity index (χ0v) is 21.1. The summed E-state index contributed by atoms with van der Waals surface area (Å²) in [5, 5.41) is 10.3. The molecule has 1 aliphatic carbocycles. The molecular formula is C29H34O6. The third kappa shape index (κ3) is 5.64. The molecule has 0 saturated heterocycles. The molecule has 1 aliphatic heterocycles. The largest absolute Gasteiger partial charge is 0.507 e. The molecular weight excluding hydrogens is 444 g/mol. The van der Waals surface area contributed by atoms with E-state index in [4.69, 9.17) is 9.47 Å². The lowest BCUT2D eigenvalue weighted by molar-refractivity contribution is -0.165. The highest BCUT2D eigenvalue weighted by Gasteiger charge is 2.49. The third-order valence-electron chi connectivity index (χ3n) is 6.50. The van der Waals surface area contributed by atoms with Gasteiger partial charge >= 0.3 is 5.97 Å². The number of hydrogen-bond donors (Lipinski definition) is 1.